The molecule has 0 radical (unpaired) electrons. The van der Waals surface area contributed by atoms with Crippen molar-refractivity contribution in [1.29, 1.82) is 0 Å². The Morgan fingerprint density at radius 3 is 2.81 bits per heavy atom. The summed E-state index contributed by atoms with van der Waals surface area (Å²) in [7, 11) is 3.22. The first-order chi connectivity index (χ1) is 12.7. The number of nitrogens with one attached hydrogen (secondary N) is 1. The first-order valence-electron chi connectivity index (χ1n) is 8.60. The predicted octanol–water partition coefficient (Wildman–Crippen LogP) is 4.16. The number of rotatable bonds is 5. The molecule has 1 aromatic heterocycles. The fraction of sp³-hybridized carbons (Fsp3) is 0.421. The molecule has 1 saturated heterocycles. The number of benzene rings is 1. The summed E-state index contributed by atoms with van der Waals surface area (Å²) in [5.74, 6) is 2.32. The summed E-state index contributed by atoms with van der Waals surface area (Å²) in [6, 6.07) is 9.96. The molecule has 0 aliphatic carbocycles. The SMILES string of the molecule is COc1ccc(CNC(=O)N2CCSC(c3cccs3)CC2)cc1OC. The Labute approximate surface area is 162 Å². The smallest absolute Gasteiger partial charge is 0.317 e. The van der Waals surface area contributed by atoms with Crippen LogP contribution in [-0.2, 0) is 6.54 Å². The van der Waals surface area contributed by atoms with E-state index in [1.165, 1.54) is 4.88 Å². The molecular formula is C19H24N2O3S2. The quantitative estimate of drug-likeness (QED) is 0.830. The van der Waals surface area contributed by atoms with Crippen molar-refractivity contribution in [2.45, 2.75) is 18.2 Å². The van der Waals surface area contributed by atoms with E-state index in [0.717, 1.165) is 30.8 Å². The van der Waals surface area contributed by atoms with Crippen LogP contribution in [0.15, 0.2) is 35.7 Å². The van der Waals surface area contributed by atoms with Gasteiger partial charge in [-0.1, -0.05) is 12.1 Å². The zero-order valence-corrected chi connectivity index (χ0v) is 16.7. The average Bonchev–Trinajstić information content (AvgIpc) is 3.10. The van der Waals surface area contributed by atoms with Crippen LogP contribution < -0.4 is 14.8 Å². The van der Waals surface area contributed by atoms with Gasteiger partial charge in [0.25, 0.3) is 0 Å². The minimum absolute atomic E-state index is 0.00721. The minimum Gasteiger partial charge on any atom is -0.493 e. The Morgan fingerprint density at radius 1 is 1.23 bits per heavy atom. The molecule has 1 aliphatic rings. The van der Waals surface area contributed by atoms with Crippen LogP contribution in [0.2, 0.25) is 0 Å². The lowest BCUT2D eigenvalue weighted by atomic mass is 10.2. The van der Waals surface area contributed by atoms with Crippen molar-refractivity contribution in [3.63, 3.8) is 0 Å². The van der Waals surface area contributed by atoms with E-state index in [1.54, 1.807) is 25.6 Å². The van der Waals surface area contributed by atoms with Crippen LogP contribution in [0.5, 0.6) is 11.5 Å². The van der Waals surface area contributed by atoms with E-state index in [4.69, 9.17) is 9.47 Å². The zero-order valence-electron chi connectivity index (χ0n) is 15.1. The van der Waals surface area contributed by atoms with Gasteiger partial charge in [-0.15, -0.1) is 11.3 Å². The summed E-state index contributed by atoms with van der Waals surface area (Å²) in [6.07, 6.45) is 0.995. The number of nitrogens with zero attached hydrogens (tertiary/aromatic N) is 1. The van der Waals surface area contributed by atoms with Gasteiger partial charge in [0.05, 0.1) is 14.2 Å². The van der Waals surface area contributed by atoms with E-state index in [9.17, 15) is 4.79 Å². The summed E-state index contributed by atoms with van der Waals surface area (Å²) >= 11 is 3.75. The van der Waals surface area contributed by atoms with Crippen molar-refractivity contribution in [2.75, 3.05) is 33.1 Å². The van der Waals surface area contributed by atoms with Crippen molar-refractivity contribution < 1.29 is 14.3 Å². The van der Waals surface area contributed by atoms with Gasteiger partial charge in [-0.05, 0) is 35.6 Å². The fourth-order valence-electron chi connectivity index (χ4n) is 2.96. The highest BCUT2D eigenvalue weighted by atomic mass is 32.2. The zero-order chi connectivity index (χ0) is 18.4. The average molecular weight is 393 g/mol. The highest BCUT2D eigenvalue weighted by Gasteiger charge is 2.22. The standard InChI is InChI=1S/C19H24N2O3S2/c1-23-15-6-5-14(12-16(15)24-2)13-20-19(22)21-8-7-18(26-11-9-21)17-4-3-10-25-17/h3-6,10,12,18H,7-9,11,13H2,1-2H3,(H,20,22). The maximum Gasteiger partial charge on any atom is 0.317 e. The number of thiophene rings is 1. The van der Waals surface area contributed by atoms with E-state index >= 15 is 0 Å². The van der Waals surface area contributed by atoms with Gasteiger partial charge >= 0.3 is 6.03 Å². The number of amides is 2. The molecular weight excluding hydrogens is 368 g/mol. The Morgan fingerprint density at radius 2 is 2.08 bits per heavy atom. The molecule has 2 aromatic rings. The van der Waals surface area contributed by atoms with E-state index < -0.39 is 0 Å². The van der Waals surface area contributed by atoms with E-state index in [0.29, 0.717) is 23.3 Å². The number of methoxy groups -OCH3 is 2. The molecule has 7 heteroatoms. The lowest BCUT2D eigenvalue weighted by molar-refractivity contribution is 0.200. The van der Waals surface area contributed by atoms with Gasteiger partial charge in [-0.2, -0.15) is 11.8 Å². The number of carbonyl (C=O) groups excluding carboxylic acids is 1. The Kier molecular flexibility index (Phi) is 6.68. The van der Waals surface area contributed by atoms with E-state index in [1.807, 2.05) is 34.9 Å². The Hall–Kier alpha value is -1.86. The first-order valence-corrected chi connectivity index (χ1v) is 10.5. The maximum atomic E-state index is 12.5. The van der Waals surface area contributed by atoms with Gasteiger partial charge in [-0.25, -0.2) is 4.79 Å². The molecule has 0 bridgehead atoms. The Balaban J connectivity index is 1.53. The van der Waals surface area contributed by atoms with Gasteiger partial charge in [0.15, 0.2) is 11.5 Å². The van der Waals surface area contributed by atoms with Gasteiger partial charge < -0.3 is 19.7 Å². The Bertz CT molecular complexity index is 722. The molecule has 1 unspecified atom stereocenters. The summed E-state index contributed by atoms with van der Waals surface area (Å²) in [5.41, 5.74) is 0.983. The fourth-order valence-corrected chi connectivity index (χ4v) is 5.19. The summed E-state index contributed by atoms with van der Waals surface area (Å²) in [4.78, 5) is 15.9. The minimum atomic E-state index is -0.00721. The van der Waals surface area contributed by atoms with Crippen LogP contribution in [0, 0.1) is 0 Å². The largest absolute Gasteiger partial charge is 0.493 e. The first kappa shape index (κ1) is 18.9. The molecule has 3 rings (SSSR count). The van der Waals surface area contributed by atoms with Gasteiger partial charge in [0.1, 0.15) is 0 Å². The van der Waals surface area contributed by atoms with Crippen LogP contribution in [0.1, 0.15) is 22.1 Å². The molecule has 1 fully saturated rings. The third kappa shape index (κ3) is 4.65. The van der Waals surface area contributed by atoms with Crippen molar-refractivity contribution in [1.82, 2.24) is 10.2 Å². The third-order valence-corrected chi connectivity index (χ3v) is 6.83. The number of hydrogen-bond acceptors (Lipinski definition) is 5. The highest BCUT2D eigenvalue weighted by molar-refractivity contribution is 7.99. The topological polar surface area (TPSA) is 50.8 Å². The van der Waals surface area contributed by atoms with Crippen molar-refractivity contribution in [2.24, 2.45) is 0 Å². The monoisotopic (exact) mass is 392 g/mol. The lowest BCUT2D eigenvalue weighted by Crippen LogP contribution is -2.40. The van der Waals surface area contributed by atoms with Gasteiger partial charge in [-0.3, -0.25) is 0 Å². The van der Waals surface area contributed by atoms with Gasteiger partial charge in [0.2, 0.25) is 0 Å². The molecule has 1 N–H and O–H groups in total. The van der Waals surface area contributed by atoms with Crippen LogP contribution >= 0.6 is 23.1 Å². The van der Waals surface area contributed by atoms with Crippen LogP contribution in [0.3, 0.4) is 0 Å². The summed E-state index contributed by atoms with van der Waals surface area (Å²) in [5, 5.41) is 5.64. The number of thioether (sulfide) groups is 1. The summed E-state index contributed by atoms with van der Waals surface area (Å²) < 4.78 is 10.6. The molecule has 0 spiro atoms. The number of carbonyl (C=O) groups is 1. The molecule has 1 aromatic carbocycles. The number of ether oxygens (including phenoxy) is 2. The van der Waals surface area contributed by atoms with Crippen LogP contribution in [0.4, 0.5) is 4.79 Å². The predicted molar refractivity (Wildman–Crippen MR) is 107 cm³/mol. The normalized spacial score (nSPS) is 17.5. The number of urea groups is 1. The molecule has 2 heterocycles. The lowest BCUT2D eigenvalue weighted by Gasteiger charge is -2.21. The maximum absolute atomic E-state index is 12.5. The molecule has 5 nitrogen and oxygen atoms in total. The molecule has 2 amide bonds. The van der Waals surface area contributed by atoms with Crippen molar-refractivity contribution in [3.05, 3.63) is 46.2 Å². The second-order valence-electron chi connectivity index (χ2n) is 6.00. The second kappa shape index (κ2) is 9.19. The summed E-state index contributed by atoms with van der Waals surface area (Å²) in [6.45, 7) is 2.04. The van der Waals surface area contributed by atoms with Crippen molar-refractivity contribution in [3.8, 4) is 11.5 Å². The second-order valence-corrected chi connectivity index (χ2v) is 8.29. The molecule has 0 saturated carbocycles. The molecule has 1 aliphatic heterocycles. The van der Waals surface area contributed by atoms with Crippen LogP contribution in [-0.4, -0.2) is 44.0 Å². The number of hydrogen-bond donors (Lipinski definition) is 1. The van der Waals surface area contributed by atoms with Gasteiger partial charge in [0, 0.05) is 35.5 Å². The molecule has 1 atom stereocenters. The molecule has 140 valence electrons. The van der Waals surface area contributed by atoms with E-state index in [-0.39, 0.29) is 6.03 Å². The van der Waals surface area contributed by atoms with Crippen LogP contribution in [0.25, 0.3) is 0 Å². The highest BCUT2D eigenvalue weighted by Crippen LogP contribution is 2.36. The van der Waals surface area contributed by atoms with Crippen molar-refractivity contribution >= 4 is 29.1 Å². The third-order valence-electron chi connectivity index (χ3n) is 4.38. The molecule has 26 heavy (non-hydrogen) atoms. The van der Waals surface area contributed by atoms with E-state index in [2.05, 4.69) is 22.8 Å².